The molecule has 0 aliphatic rings. The van der Waals surface area contributed by atoms with E-state index in [1.54, 1.807) is 0 Å². The van der Waals surface area contributed by atoms with Gasteiger partial charge in [-0.15, -0.1) is 0 Å². The highest BCUT2D eigenvalue weighted by Gasteiger charge is 2.24. The first-order chi connectivity index (χ1) is 10.9. The summed E-state index contributed by atoms with van der Waals surface area (Å²) in [6, 6.07) is 0. The van der Waals surface area contributed by atoms with Gasteiger partial charge in [-0.25, -0.2) is 19.9 Å². The molecule has 0 bridgehead atoms. The summed E-state index contributed by atoms with van der Waals surface area (Å²) in [6.07, 6.45) is 0.764. The maximum absolute atomic E-state index is 4.72. The van der Waals surface area contributed by atoms with E-state index in [1.807, 2.05) is 13.8 Å². The van der Waals surface area contributed by atoms with E-state index in [2.05, 4.69) is 73.7 Å². The first-order valence-corrected chi connectivity index (χ1v) is 10.0. The third-order valence-corrected chi connectivity index (χ3v) is 7.91. The average Bonchev–Trinajstić information content (AvgIpc) is 2.55. The van der Waals surface area contributed by atoms with Crippen molar-refractivity contribution in [2.75, 3.05) is 0 Å². The molecule has 0 saturated carbocycles. The molecule has 116 valence electrons. The predicted octanol–water partition coefficient (Wildman–Crippen LogP) is 6.08. The minimum atomic E-state index is 0.714. The van der Waals surface area contributed by atoms with E-state index in [0.717, 1.165) is 63.0 Å². The molecule has 0 fully saturated rings. The molecule has 0 atom stereocenters. The Kier molecular flexibility index (Phi) is 3.87. The molecule has 2 aromatic heterocycles. The van der Waals surface area contributed by atoms with E-state index < -0.39 is 0 Å². The number of nitrogens with zero attached hydrogens (tertiary/aromatic N) is 4. The van der Waals surface area contributed by atoms with Crippen LogP contribution in [0.1, 0.15) is 18.6 Å². The summed E-state index contributed by atoms with van der Waals surface area (Å²) in [4.78, 5) is 18.7. The van der Waals surface area contributed by atoms with Gasteiger partial charge in [-0.05, 0) is 70.6 Å². The van der Waals surface area contributed by atoms with Crippen molar-refractivity contribution < 1.29 is 0 Å². The first-order valence-electron chi connectivity index (χ1n) is 6.86. The second-order valence-electron chi connectivity index (χ2n) is 5.16. The molecule has 0 N–H and O–H groups in total. The number of halogens is 4. The zero-order valence-corrected chi connectivity index (χ0v) is 18.4. The van der Waals surface area contributed by atoms with Gasteiger partial charge < -0.3 is 0 Å². The summed E-state index contributed by atoms with van der Waals surface area (Å²) in [5.74, 6) is 1.51. The van der Waals surface area contributed by atoms with Gasteiger partial charge in [0.2, 0.25) is 0 Å². The Bertz CT molecular complexity index is 1030. The molecular formula is C15H8Br4N4. The molecule has 0 unspecified atom stereocenters. The van der Waals surface area contributed by atoms with Crippen LogP contribution in [-0.2, 0) is 6.42 Å². The van der Waals surface area contributed by atoms with Gasteiger partial charge in [-0.1, -0.05) is 6.92 Å². The summed E-state index contributed by atoms with van der Waals surface area (Å²) < 4.78 is 3.55. The van der Waals surface area contributed by atoms with Gasteiger partial charge in [0.15, 0.2) is 0 Å². The predicted molar refractivity (Wildman–Crippen MR) is 106 cm³/mol. The third-order valence-electron chi connectivity index (χ3n) is 3.76. The van der Waals surface area contributed by atoms with Gasteiger partial charge in [0.25, 0.3) is 0 Å². The second-order valence-corrected chi connectivity index (χ2v) is 8.34. The van der Waals surface area contributed by atoms with E-state index in [-0.39, 0.29) is 0 Å². The minimum absolute atomic E-state index is 0.714. The largest absolute Gasteiger partial charge is 0.232 e. The van der Waals surface area contributed by atoms with Crippen molar-refractivity contribution in [2.45, 2.75) is 20.3 Å². The van der Waals surface area contributed by atoms with Crippen LogP contribution in [0, 0.1) is 6.92 Å². The lowest BCUT2D eigenvalue weighted by atomic mass is 10.0. The van der Waals surface area contributed by atoms with Crippen LogP contribution in [0.3, 0.4) is 0 Å². The molecule has 0 saturated heterocycles. The second kappa shape index (κ2) is 5.54. The molecule has 0 aliphatic carbocycles. The molecule has 23 heavy (non-hydrogen) atoms. The van der Waals surface area contributed by atoms with Crippen molar-refractivity contribution in [3.05, 3.63) is 29.5 Å². The van der Waals surface area contributed by atoms with Gasteiger partial charge in [0, 0.05) is 17.2 Å². The maximum atomic E-state index is 4.72. The Hall–Kier alpha value is -0.440. The topological polar surface area (TPSA) is 51.6 Å². The number of aromatic nitrogens is 4. The quantitative estimate of drug-likeness (QED) is 0.263. The highest BCUT2D eigenvalue weighted by atomic mass is 79.9. The molecule has 0 aliphatic heterocycles. The van der Waals surface area contributed by atoms with Crippen molar-refractivity contribution in [1.82, 2.24) is 19.9 Å². The molecule has 8 heteroatoms. The number of hydrogen-bond acceptors (Lipinski definition) is 4. The SMILES string of the molecule is CCc1nc2c(Br)c(Br)c3nc(C)nc4c(Br)c(Br)c(n1)c2c34. The molecule has 2 heterocycles. The standard InChI is InChI=1S/C15H8Br4N4/c1-3-5-22-14-7-6-12(8(16)10(14)18)20-4(2)21-13(6)9(17)11(19)15(7)23-5/h3H2,1-2H3. The van der Waals surface area contributed by atoms with E-state index >= 15 is 0 Å². The van der Waals surface area contributed by atoms with Gasteiger partial charge in [-0.2, -0.15) is 0 Å². The fourth-order valence-corrected chi connectivity index (χ4v) is 4.66. The number of rotatable bonds is 1. The van der Waals surface area contributed by atoms with Crippen LogP contribution in [0.5, 0.6) is 0 Å². The molecule has 0 radical (unpaired) electrons. The lowest BCUT2D eigenvalue weighted by Crippen LogP contribution is -2.02. The fraction of sp³-hybridized carbons (Fsp3) is 0.200. The Morgan fingerprint density at radius 3 is 1.35 bits per heavy atom. The molecule has 4 nitrogen and oxygen atoms in total. The van der Waals surface area contributed by atoms with Gasteiger partial charge in [-0.3, -0.25) is 0 Å². The summed E-state index contributed by atoms with van der Waals surface area (Å²) in [5, 5.41) is 1.94. The van der Waals surface area contributed by atoms with E-state index in [9.17, 15) is 0 Å². The minimum Gasteiger partial charge on any atom is -0.232 e. The fourth-order valence-electron chi connectivity index (χ4n) is 2.76. The van der Waals surface area contributed by atoms with E-state index in [4.69, 9.17) is 9.97 Å². The zero-order chi connectivity index (χ0) is 16.5. The van der Waals surface area contributed by atoms with Crippen LogP contribution in [0.2, 0.25) is 0 Å². The monoisotopic (exact) mass is 560 g/mol. The molecular weight excluding hydrogens is 556 g/mol. The van der Waals surface area contributed by atoms with Crippen molar-refractivity contribution in [3.8, 4) is 0 Å². The van der Waals surface area contributed by atoms with Crippen LogP contribution < -0.4 is 0 Å². The molecule has 2 aromatic carbocycles. The number of aryl methyl sites for hydroxylation is 2. The Morgan fingerprint density at radius 2 is 1.00 bits per heavy atom. The third kappa shape index (κ3) is 2.18. The first kappa shape index (κ1) is 16.1. The van der Waals surface area contributed by atoms with Crippen LogP contribution >= 0.6 is 63.7 Å². The summed E-state index contributed by atoms with van der Waals surface area (Å²) in [5.41, 5.74) is 3.46. The highest BCUT2D eigenvalue weighted by Crippen LogP contribution is 2.46. The van der Waals surface area contributed by atoms with E-state index in [1.165, 1.54) is 0 Å². The Labute approximate surface area is 165 Å². The van der Waals surface area contributed by atoms with Crippen LogP contribution in [0.4, 0.5) is 0 Å². The van der Waals surface area contributed by atoms with Crippen LogP contribution in [0.25, 0.3) is 32.8 Å². The van der Waals surface area contributed by atoms with Crippen LogP contribution in [-0.4, -0.2) is 19.9 Å². The maximum Gasteiger partial charge on any atom is 0.129 e. The Morgan fingerprint density at radius 1 is 0.652 bits per heavy atom. The lowest BCUT2D eigenvalue weighted by molar-refractivity contribution is 0.973. The molecule has 0 spiro atoms. The summed E-state index contributed by atoms with van der Waals surface area (Å²) >= 11 is 14.7. The number of hydrogen-bond donors (Lipinski definition) is 0. The van der Waals surface area contributed by atoms with Gasteiger partial charge in [0.1, 0.15) is 11.6 Å². The highest BCUT2D eigenvalue weighted by molar-refractivity contribution is 9.13. The molecule has 0 amide bonds. The molecule has 4 rings (SSSR count). The smallest absolute Gasteiger partial charge is 0.129 e. The summed E-state index contributed by atoms with van der Waals surface area (Å²) in [7, 11) is 0. The number of benzene rings is 2. The Balaban J connectivity index is 2.46. The van der Waals surface area contributed by atoms with Crippen molar-refractivity contribution in [2.24, 2.45) is 0 Å². The normalized spacial score (nSPS) is 12.1. The van der Waals surface area contributed by atoms with Crippen molar-refractivity contribution in [1.29, 1.82) is 0 Å². The van der Waals surface area contributed by atoms with Gasteiger partial charge in [0.05, 0.1) is 40.0 Å². The molecule has 4 aromatic rings. The van der Waals surface area contributed by atoms with Crippen LogP contribution in [0.15, 0.2) is 17.9 Å². The van der Waals surface area contributed by atoms with E-state index in [0.29, 0.717) is 5.82 Å². The van der Waals surface area contributed by atoms with Gasteiger partial charge >= 0.3 is 0 Å². The lowest BCUT2D eigenvalue weighted by Gasteiger charge is -2.16. The zero-order valence-electron chi connectivity index (χ0n) is 12.0. The van der Waals surface area contributed by atoms with Crippen molar-refractivity contribution in [3.63, 3.8) is 0 Å². The average molecular weight is 564 g/mol. The summed E-state index contributed by atoms with van der Waals surface area (Å²) in [6.45, 7) is 3.94. The van der Waals surface area contributed by atoms with Crippen molar-refractivity contribution >= 4 is 96.6 Å².